The van der Waals surface area contributed by atoms with Gasteiger partial charge in [0, 0.05) is 38.4 Å². The fraction of sp³-hybridized carbons (Fsp3) is 0.364. The highest BCUT2D eigenvalue weighted by Gasteiger charge is 2.18. The molecule has 0 radical (unpaired) electrons. The molecule has 0 spiro atoms. The van der Waals surface area contributed by atoms with Crippen LogP contribution in [0.15, 0.2) is 42.5 Å². The van der Waals surface area contributed by atoms with Crippen LogP contribution in [0.5, 0.6) is 5.75 Å². The summed E-state index contributed by atoms with van der Waals surface area (Å²) in [5.74, 6) is -2.72. The van der Waals surface area contributed by atoms with Crippen LogP contribution in [-0.4, -0.2) is 60.3 Å². The third-order valence-electron chi connectivity index (χ3n) is 5.04. The number of hydrogen-bond donors (Lipinski definition) is 2. The van der Waals surface area contributed by atoms with Crippen molar-refractivity contribution in [2.45, 2.75) is 20.4 Å². The predicted molar refractivity (Wildman–Crippen MR) is 112 cm³/mol. The first-order valence-corrected chi connectivity index (χ1v) is 9.44. The first-order chi connectivity index (χ1) is 13.8. The molecule has 0 saturated carbocycles. The van der Waals surface area contributed by atoms with E-state index >= 15 is 0 Å². The number of aliphatic carboxylic acids is 2. The lowest BCUT2D eigenvalue weighted by molar-refractivity contribution is -0.159. The summed E-state index contributed by atoms with van der Waals surface area (Å²) in [7, 11) is 1.71. The molecule has 1 aliphatic heterocycles. The largest absolute Gasteiger partial charge is 0.497 e. The van der Waals surface area contributed by atoms with Crippen molar-refractivity contribution in [3.8, 4) is 5.75 Å². The molecule has 3 rings (SSSR count). The average molecular weight is 400 g/mol. The predicted octanol–water partition coefficient (Wildman–Crippen LogP) is 2.79. The zero-order valence-electron chi connectivity index (χ0n) is 17.1. The zero-order valence-corrected chi connectivity index (χ0v) is 17.1. The highest BCUT2D eigenvalue weighted by molar-refractivity contribution is 6.27. The number of methoxy groups -OCH3 is 1. The van der Waals surface area contributed by atoms with E-state index in [0.29, 0.717) is 0 Å². The van der Waals surface area contributed by atoms with Gasteiger partial charge in [-0.2, -0.15) is 0 Å². The van der Waals surface area contributed by atoms with Crippen molar-refractivity contribution in [1.82, 2.24) is 4.90 Å². The number of aryl methyl sites for hydroxylation is 1. The van der Waals surface area contributed by atoms with Crippen LogP contribution in [0.1, 0.15) is 16.7 Å². The van der Waals surface area contributed by atoms with Gasteiger partial charge in [0.05, 0.1) is 7.11 Å². The van der Waals surface area contributed by atoms with Crippen LogP contribution < -0.4 is 9.64 Å². The summed E-state index contributed by atoms with van der Waals surface area (Å²) < 4.78 is 5.22. The average Bonchev–Trinajstić information content (AvgIpc) is 2.72. The van der Waals surface area contributed by atoms with Crippen LogP contribution in [0, 0.1) is 13.8 Å². The fourth-order valence-corrected chi connectivity index (χ4v) is 3.21. The first-order valence-electron chi connectivity index (χ1n) is 9.44. The Labute approximate surface area is 171 Å². The quantitative estimate of drug-likeness (QED) is 0.763. The van der Waals surface area contributed by atoms with Gasteiger partial charge in [0.2, 0.25) is 0 Å². The number of hydrogen-bond acceptors (Lipinski definition) is 5. The number of nitrogens with zero attached hydrogens (tertiary/aromatic N) is 2. The lowest BCUT2D eigenvalue weighted by atomic mass is 10.1. The Morgan fingerprint density at radius 3 is 2.03 bits per heavy atom. The molecule has 0 aromatic heterocycles. The second kappa shape index (κ2) is 10.5. The Bertz CT molecular complexity index is 816. The molecule has 2 aromatic carbocycles. The molecular formula is C22H28N2O5. The number of piperazine rings is 1. The second-order valence-corrected chi connectivity index (χ2v) is 6.94. The van der Waals surface area contributed by atoms with E-state index in [1.165, 1.54) is 22.4 Å². The minimum absolute atomic E-state index is 0.925. The van der Waals surface area contributed by atoms with E-state index in [0.717, 1.165) is 38.5 Å². The third-order valence-corrected chi connectivity index (χ3v) is 5.04. The molecular weight excluding hydrogens is 372 g/mol. The fourth-order valence-electron chi connectivity index (χ4n) is 3.21. The van der Waals surface area contributed by atoms with E-state index in [9.17, 15) is 0 Å². The molecule has 0 unspecified atom stereocenters. The van der Waals surface area contributed by atoms with Crippen molar-refractivity contribution >= 4 is 17.6 Å². The maximum absolute atomic E-state index is 9.10. The van der Waals surface area contributed by atoms with Crippen molar-refractivity contribution < 1.29 is 24.5 Å². The van der Waals surface area contributed by atoms with Gasteiger partial charge in [0.15, 0.2) is 0 Å². The summed E-state index contributed by atoms with van der Waals surface area (Å²) in [6.07, 6.45) is 0. The minimum atomic E-state index is -1.82. The highest BCUT2D eigenvalue weighted by atomic mass is 16.5. The second-order valence-electron chi connectivity index (χ2n) is 6.94. The molecule has 29 heavy (non-hydrogen) atoms. The van der Waals surface area contributed by atoms with Crippen LogP contribution in [-0.2, 0) is 16.1 Å². The molecule has 7 heteroatoms. The summed E-state index contributed by atoms with van der Waals surface area (Å²) in [4.78, 5) is 23.3. The summed E-state index contributed by atoms with van der Waals surface area (Å²) in [5, 5.41) is 14.8. The highest BCUT2D eigenvalue weighted by Crippen LogP contribution is 2.24. The van der Waals surface area contributed by atoms with E-state index < -0.39 is 11.9 Å². The molecule has 156 valence electrons. The maximum Gasteiger partial charge on any atom is 0.414 e. The molecule has 2 N–H and O–H groups in total. The number of carbonyl (C=O) groups is 2. The zero-order chi connectivity index (χ0) is 21.4. The molecule has 0 bridgehead atoms. The summed E-state index contributed by atoms with van der Waals surface area (Å²) in [6.45, 7) is 9.86. The molecule has 0 amide bonds. The van der Waals surface area contributed by atoms with Gasteiger partial charge in [-0.3, -0.25) is 4.90 Å². The lowest BCUT2D eigenvalue weighted by Gasteiger charge is -2.37. The summed E-state index contributed by atoms with van der Waals surface area (Å²) in [6, 6.07) is 15.0. The van der Waals surface area contributed by atoms with Crippen molar-refractivity contribution in [3.63, 3.8) is 0 Å². The van der Waals surface area contributed by atoms with Gasteiger partial charge in [0.25, 0.3) is 0 Å². The van der Waals surface area contributed by atoms with E-state index in [2.05, 4.69) is 54.0 Å². The van der Waals surface area contributed by atoms with Crippen molar-refractivity contribution in [2.24, 2.45) is 0 Å². The molecule has 1 saturated heterocycles. The third kappa shape index (κ3) is 6.50. The number of carboxylic acid groups (broad SMARTS) is 2. The van der Waals surface area contributed by atoms with Crippen molar-refractivity contribution in [1.29, 1.82) is 0 Å². The van der Waals surface area contributed by atoms with E-state index in [1.54, 1.807) is 7.11 Å². The smallest absolute Gasteiger partial charge is 0.414 e. The number of carboxylic acids is 2. The molecule has 1 aliphatic rings. The SMILES string of the molecule is COc1ccc(CN2CCN(c3cccc(C)c3C)CC2)cc1.O=C(O)C(=O)O. The molecule has 1 fully saturated rings. The standard InChI is InChI=1S/C20H26N2O.C2H2O4/c1-16-5-4-6-20(17(16)2)22-13-11-21(12-14-22)15-18-7-9-19(23-3)10-8-18;3-1(4)2(5)6/h4-10H,11-15H2,1-3H3;(H,3,4)(H,5,6). The number of rotatable bonds is 4. The van der Waals surface area contributed by atoms with Gasteiger partial charge in [-0.05, 0) is 48.7 Å². The van der Waals surface area contributed by atoms with Gasteiger partial charge >= 0.3 is 11.9 Å². The Balaban J connectivity index is 0.000000438. The summed E-state index contributed by atoms with van der Waals surface area (Å²) in [5.41, 5.74) is 5.54. The normalized spacial score (nSPS) is 14.0. The Kier molecular flexibility index (Phi) is 8.03. The monoisotopic (exact) mass is 400 g/mol. The minimum Gasteiger partial charge on any atom is -0.497 e. The van der Waals surface area contributed by atoms with Crippen molar-refractivity contribution in [3.05, 3.63) is 59.2 Å². The maximum atomic E-state index is 9.10. The van der Waals surface area contributed by atoms with Gasteiger partial charge < -0.3 is 19.8 Å². The van der Waals surface area contributed by atoms with E-state index in [-0.39, 0.29) is 0 Å². The van der Waals surface area contributed by atoms with Crippen LogP contribution in [0.2, 0.25) is 0 Å². The molecule has 2 aromatic rings. The van der Waals surface area contributed by atoms with Gasteiger partial charge in [-0.25, -0.2) is 9.59 Å². The van der Waals surface area contributed by atoms with Crippen LogP contribution in [0.3, 0.4) is 0 Å². The lowest BCUT2D eigenvalue weighted by Crippen LogP contribution is -2.46. The Morgan fingerprint density at radius 1 is 0.931 bits per heavy atom. The van der Waals surface area contributed by atoms with Gasteiger partial charge in [-0.1, -0.05) is 24.3 Å². The van der Waals surface area contributed by atoms with E-state index in [4.69, 9.17) is 24.5 Å². The first kappa shape index (κ1) is 22.2. The number of anilines is 1. The van der Waals surface area contributed by atoms with Crippen LogP contribution in [0.4, 0.5) is 5.69 Å². The van der Waals surface area contributed by atoms with Crippen molar-refractivity contribution in [2.75, 3.05) is 38.2 Å². The number of benzene rings is 2. The molecule has 0 aliphatic carbocycles. The Hall–Kier alpha value is -3.06. The van der Waals surface area contributed by atoms with Gasteiger partial charge in [-0.15, -0.1) is 0 Å². The molecule has 1 heterocycles. The molecule has 0 atom stereocenters. The van der Waals surface area contributed by atoms with Gasteiger partial charge in [0.1, 0.15) is 5.75 Å². The Morgan fingerprint density at radius 2 is 1.52 bits per heavy atom. The molecule has 7 nitrogen and oxygen atoms in total. The summed E-state index contributed by atoms with van der Waals surface area (Å²) >= 11 is 0. The number of ether oxygens (including phenoxy) is 1. The van der Waals surface area contributed by atoms with E-state index in [1.807, 2.05) is 12.1 Å². The van der Waals surface area contributed by atoms with Crippen LogP contribution in [0.25, 0.3) is 0 Å². The topological polar surface area (TPSA) is 90.3 Å². The van der Waals surface area contributed by atoms with Crippen LogP contribution >= 0.6 is 0 Å².